The third kappa shape index (κ3) is 108. The van der Waals surface area contributed by atoms with Crippen LogP contribution in [0.15, 0.2) is 0 Å². The zero-order chi connectivity index (χ0) is 76.9. The van der Waals surface area contributed by atoms with E-state index in [4.69, 9.17) is 0 Å². The molecule has 0 spiro atoms. The van der Waals surface area contributed by atoms with Crippen molar-refractivity contribution in [2.45, 2.75) is 593 Å². The third-order valence-corrected chi connectivity index (χ3v) is 35.9. The van der Waals surface area contributed by atoms with Gasteiger partial charge in [0, 0.05) is 23.0 Å². The quantitative estimate of drug-likeness (QED) is 0.0339. The van der Waals surface area contributed by atoms with Gasteiger partial charge in [0.05, 0.1) is 0 Å². The first kappa shape index (κ1) is 114. The summed E-state index contributed by atoms with van der Waals surface area (Å²) in [4.78, 5) is 24.8. The molecule has 4 nitrogen and oxygen atoms in total. The maximum absolute atomic E-state index is 12.4. The Hall–Kier alpha value is 2.40. The van der Waals surface area contributed by atoms with Crippen molar-refractivity contribution in [3.63, 3.8) is 0 Å². The summed E-state index contributed by atoms with van der Waals surface area (Å²) in [5, 5.41) is 0. The van der Waals surface area contributed by atoms with Gasteiger partial charge in [0.15, 0.2) is 0 Å². The Bertz CT molecular complexity index is 1430. The van der Waals surface area contributed by atoms with Crippen LogP contribution in [0.3, 0.4) is 0 Å². The minimum absolute atomic E-state index is 0. The van der Waals surface area contributed by atoms with E-state index in [1.807, 2.05) is 0 Å². The molecule has 0 unspecified atom stereocenters. The van der Waals surface area contributed by atoms with Crippen molar-refractivity contribution in [1.29, 1.82) is 0 Å². The van der Waals surface area contributed by atoms with Crippen molar-refractivity contribution in [2.24, 2.45) is 0 Å². The van der Waals surface area contributed by atoms with Gasteiger partial charge in [-0.1, -0.05) is 567 Å². The average molecular weight is 1670 g/mol. The van der Waals surface area contributed by atoms with Crippen molar-refractivity contribution in [3.8, 4) is 0 Å². The molecule has 640 valence electrons. The van der Waals surface area contributed by atoms with Gasteiger partial charge in [0.1, 0.15) is 11.5 Å². The first-order valence-corrected chi connectivity index (χ1v) is 59.1. The van der Waals surface area contributed by atoms with Gasteiger partial charge in [-0.05, 0) is 25.7 Å². The van der Waals surface area contributed by atoms with Crippen LogP contribution in [0.25, 0.3) is 0 Å². The summed E-state index contributed by atoms with van der Waals surface area (Å²) in [6.07, 6.45) is 123. The molecule has 0 aromatic heterocycles. The van der Waals surface area contributed by atoms with E-state index in [0.29, 0.717) is 0 Å². The normalized spacial score (nSPS) is 11.9. The van der Waals surface area contributed by atoms with Crippen molar-refractivity contribution in [1.82, 2.24) is 0 Å². The van der Waals surface area contributed by atoms with E-state index in [-0.39, 0.29) is 19.5 Å². The van der Waals surface area contributed by atoms with Gasteiger partial charge in [-0.3, -0.25) is 0 Å². The van der Waals surface area contributed by atoms with Crippen LogP contribution < -0.4 is 9.79 Å². The molecule has 0 atom stereocenters. The Kier molecular flexibility index (Phi) is 109. The molecule has 0 rings (SSSR count). The van der Waals surface area contributed by atoms with Crippen LogP contribution in [-0.2, 0) is 28.6 Å². The molecular formula is C96H196O4P2S4Zn. The summed E-state index contributed by atoms with van der Waals surface area (Å²) in [7, 11) is 0. The standard InChI is InChI=1S/2C48H99O2PS2.Zn/c2*1-3-5-7-9-11-13-15-17-19-21-23-25-27-29-31-33-35-37-39-41-43-45-47-52-51(49,50)53-48-46-44-42-40-38-36-34-32-30-28-26-24-22-20-18-16-14-12-10-8-6-4-2;/h2*3-48H2,1-2H3,(H,49,50);/q;;+2/p-2. The van der Waals surface area contributed by atoms with Crippen LogP contribution in [0.2, 0.25) is 0 Å². The van der Waals surface area contributed by atoms with Crippen LogP contribution in [-0.4, -0.2) is 23.0 Å². The Balaban J connectivity index is -0.00000200. The molecule has 0 aliphatic heterocycles. The van der Waals surface area contributed by atoms with E-state index >= 15 is 0 Å². The molecule has 0 aromatic rings. The number of hydrogen-bond acceptors (Lipinski definition) is 8. The van der Waals surface area contributed by atoms with Gasteiger partial charge in [-0.15, -0.1) is 45.5 Å². The summed E-state index contributed by atoms with van der Waals surface area (Å²) < 4.78 is 24.8. The molecule has 0 heterocycles. The van der Waals surface area contributed by atoms with Gasteiger partial charge >= 0.3 is 19.5 Å². The van der Waals surface area contributed by atoms with Gasteiger partial charge < -0.3 is 18.9 Å². The fourth-order valence-electron chi connectivity index (χ4n) is 15.6. The zero-order valence-corrected chi connectivity index (χ0v) is 81.9. The molecule has 0 bridgehead atoms. The van der Waals surface area contributed by atoms with Crippen LogP contribution in [0.4, 0.5) is 0 Å². The number of rotatable bonds is 96. The van der Waals surface area contributed by atoms with Crippen molar-refractivity contribution in [2.75, 3.05) is 23.0 Å². The van der Waals surface area contributed by atoms with E-state index < -0.39 is 11.5 Å². The topological polar surface area (TPSA) is 80.3 Å². The van der Waals surface area contributed by atoms with Crippen LogP contribution in [0, 0.1) is 0 Å². The summed E-state index contributed by atoms with van der Waals surface area (Å²) in [5.41, 5.74) is 0. The molecule has 11 heteroatoms. The fourth-order valence-corrected chi connectivity index (χ4v) is 26.7. The number of hydrogen-bond donors (Lipinski definition) is 0. The maximum Gasteiger partial charge on any atom is 2.00 e. The van der Waals surface area contributed by atoms with E-state index in [1.54, 1.807) is 0 Å². The van der Waals surface area contributed by atoms with E-state index in [1.165, 1.54) is 585 Å². The Morgan fingerprint density at radius 1 is 0.140 bits per heavy atom. The van der Waals surface area contributed by atoms with Gasteiger partial charge in [-0.25, -0.2) is 0 Å². The average Bonchev–Trinajstić information content (AvgIpc) is 0.962. The van der Waals surface area contributed by atoms with Gasteiger partial charge in [0.2, 0.25) is 0 Å². The molecule has 0 aromatic carbocycles. The predicted molar refractivity (Wildman–Crippen MR) is 494 cm³/mol. The smallest absolute Gasteiger partial charge is 0.784 e. The largest absolute Gasteiger partial charge is 2.00 e. The Labute approximate surface area is 705 Å². The van der Waals surface area contributed by atoms with Crippen LogP contribution >= 0.6 is 57.1 Å². The molecule has 0 aliphatic carbocycles. The molecule has 0 saturated carbocycles. The monoisotopic (exact) mass is 1670 g/mol. The summed E-state index contributed by atoms with van der Waals surface area (Å²) in [5.74, 6) is -3.47. The molecular weight excluding hydrogens is 1470 g/mol. The van der Waals surface area contributed by atoms with Gasteiger partial charge in [0.25, 0.3) is 0 Å². The minimum atomic E-state index is -3.30. The second-order valence-corrected chi connectivity index (χ2v) is 48.6. The molecule has 107 heavy (non-hydrogen) atoms. The summed E-state index contributed by atoms with van der Waals surface area (Å²) in [6.45, 7) is 9.20. The SMILES string of the molecule is CCCCCCCCCCCCCCCCCCCCCCCCSP(=O)([O-])SCCCCCCCCCCCCCCCCCCCCCCCC.CCCCCCCCCCCCCCCCCCCCCCCCSP(=O)([O-])SCCCCCCCCCCCCCCCCCCCCCCCC.[Zn+2]. The van der Waals surface area contributed by atoms with Crippen molar-refractivity contribution < 1.29 is 38.4 Å². The van der Waals surface area contributed by atoms with E-state index in [2.05, 4.69) is 27.7 Å². The molecule has 0 radical (unpaired) electrons. The summed E-state index contributed by atoms with van der Waals surface area (Å²) >= 11 is 4.90. The minimum Gasteiger partial charge on any atom is -0.784 e. The second kappa shape index (κ2) is 103. The van der Waals surface area contributed by atoms with Crippen molar-refractivity contribution in [3.05, 3.63) is 0 Å². The Morgan fingerprint density at radius 3 is 0.280 bits per heavy atom. The third-order valence-electron chi connectivity index (χ3n) is 23.0. The number of unbranched alkanes of at least 4 members (excludes halogenated alkanes) is 84. The zero-order valence-electron chi connectivity index (χ0n) is 73.9. The molecule has 0 amide bonds. The maximum atomic E-state index is 12.4. The van der Waals surface area contributed by atoms with Gasteiger partial charge in [-0.2, -0.15) is 0 Å². The molecule has 0 aliphatic rings. The molecule has 0 N–H and O–H groups in total. The second-order valence-electron chi connectivity index (χ2n) is 33.9. The first-order chi connectivity index (χ1) is 52.2. The Morgan fingerprint density at radius 2 is 0.206 bits per heavy atom. The van der Waals surface area contributed by atoms with E-state index in [0.717, 1.165) is 48.7 Å². The van der Waals surface area contributed by atoms with Crippen LogP contribution in [0.1, 0.15) is 593 Å². The first-order valence-electron chi connectivity index (χ1n) is 49.4. The van der Waals surface area contributed by atoms with Crippen LogP contribution in [0.5, 0.6) is 0 Å². The summed E-state index contributed by atoms with van der Waals surface area (Å²) in [6, 6.07) is 0. The van der Waals surface area contributed by atoms with Crippen molar-refractivity contribution >= 4 is 57.1 Å². The predicted octanol–water partition coefficient (Wildman–Crippen LogP) is 38.2. The molecule has 0 saturated heterocycles. The molecule has 0 fully saturated rings. The van der Waals surface area contributed by atoms with E-state index in [9.17, 15) is 18.9 Å². The fraction of sp³-hybridized carbons (Fsp3) is 1.00.